The molecule has 0 N–H and O–H groups in total. The van der Waals surface area contributed by atoms with Crippen molar-refractivity contribution < 1.29 is 28.6 Å². The van der Waals surface area contributed by atoms with Crippen molar-refractivity contribution in [3.63, 3.8) is 0 Å². The molecule has 0 aromatic carbocycles. The first kappa shape index (κ1) is 76.9. The first-order valence-electron chi connectivity index (χ1n) is 35.8. The second kappa shape index (κ2) is 68.4. The molecule has 0 aromatic rings. The van der Waals surface area contributed by atoms with Crippen LogP contribution in [0.4, 0.5) is 0 Å². The quantitative estimate of drug-likeness (QED) is 0.0261. The van der Waals surface area contributed by atoms with Crippen molar-refractivity contribution in [2.75, 3.05) is 13.2 Å². The highest BCUT2D eigenvalue weighted by atomic mass is 16.6. The van der Waals surface area contributed by atoms with Gasteiger partial charge in [-0.2, -0.15) is 0 Å². The zero-order chi connectivity index (χ0) is 57.1. The van der Waals surface area contributed by atoms with Gasteiger partial charge in [0, 0.05) is 19.3 Å². The summed E-state index contributed by atoms with van der Waals surface area (Å²) in [4.78, 5) is 38.3. The third-order valence-corrected chi connectivity index (χ3v) is 16.4. The van der Waals surface area contributed by atoms with Gasteiger partial charge >= 0.3 is 17.9 Å². The Morgan fingerprint density at radius 3 is 0.684 bits per heavy atom. The van der Waals surface area contributed by atoms with Crippen molar-refractivity contribution in [2.24, 2.45) is 0 Å². The third-order valence-electron chi connectivity index (χ3n) is 16.4. The maximum Gasteiger partial charge on any atom is 0.306 e. The Morgan fingerprint density at radius 1 is 0.241 bits per heavy atom. The van der Waals surface area contributed by atoms with E-state index in [1.165, 1.54) is 295 Å². The van der Waals surface area contributed by atoms with Crippen molar-refractivity contribution in [3.8, 4) is 0 Å². The molecule has 6 nitrogen and oxygen atoms in total. The largest absolute Gasteiger partial charge is 0.462 e. The van der Waals surface area contributed by atoms with Crippen LogP contribution in [0.25, 0.3) is 0 Å². The monoisotopic (exact) mass is 1110 g/mol. The number of allylic oxidation sites excluding steroid dienone is 4. The van der Waals surface area contributed by atoms with Crippen LogP contribution in [-0.4, -0.2) is 37.2 Å². The average Bonchev–Trinajstić information content (AvgIpc) is 3.45. The van der Waals surface area contributed by atoms with Crippen LogP contribution in [0.5, 0.6) is 0 Å². The van der Waals surface area contributed by atoms with Crippen LogP contribution in [0, 0.1) is 0 Å². The first-order chi connectivity index (χ1) is 39.0. The molecule has 0 saturated heterocycles. The van der Waals surface area contributed by atoms with E-state index in [-0.39, 0.29) is 31.1 Å². The summed E-state index contributed by atoms with van der Waals surface area (Å²) in [5, 5.41) is 0. The van der Waals surface area contributed by atoms with Crippen LogP contribution in [0.2, 0.25) is 0 Å². The molecule has 0 radical (unpaired) electrons. The van der Waals surface area contributed by atoms with Gasteiger partial charge in [-0.3, -0.25) is 14.4 Å². The third kappa shape index (κ3) is 66.6. The second-order valence-corrected chi connectivity index (χ2v) is 24.5. The van der Waals surface area contributed by atoms with Gasteiger partial charge in [0.25, 0.3) is 0 Å². The average molecular weight is 1110 g/mol. The van der Waals surface area contributed by atoms with Crippen molar-refractivity contribution in [3.05, 3.63) is 24.3 Å². The highest BCUT2D eigenvalue weighted by Gasteiger charge is 2.19. The van der Waals surface area contributed by atoms with Crippen LogP contribution in [0.3, 0.4) is 0 Å². The number of hydrogen-bond donors (Lipinski definition) is 0. The van der Waals surface area contributed by atoms with Gasteiger partial charge in [0.15, 0.2) is 6.10 Å². The molecule has 0 heterocycles. The minimum atomic E-state index is -0.772. The van der Waals surface area contributed by atoms with Gasteiger partial charge in [-0.05, 0) is 64.2 Å². The van der Waals surface area contributed by atoms with E-state index in [4.69, 9.17) is 14.2 Å². The Kier molecular flexibility index (Phi) is 66.6. The normalized spacial score (nSPS) is 12.1. The Labute approximate surface area is 493 Å². The summed E-state index contributed by atoms with van der Waals surface area (Å²) in [6.07, 6.45) is 83.8. The van der Waals surface area contributed by atoms with Crippen molar-refractivity contribution in [2.45, 2.75) is 412 Å². The predicted molar refractivity (Wildman–Crippen MR) is 344 cm³/mol. The minimum Gasteiger partial charge on any atom is -0.462 e. The first-order valence-corrected chi connectivity index (χ1v) is 35.8. The molecule has 0 bridgehead atoms. The van der Waals surface area contributed by atoms with Gasteiger partial charge in [-0.1, -0.05) is 347 Å². The highest BCUT2D eigenvalue weighted by Crippen LogP contribution is 2.19. The molecule has 0 fully saturated rings. The number of ether oxygens (including phenoxy) is 3. The number of carbonyl (C=O) groups is 3. The molecule has 0 aromatic heterocycles. The zero-order valence-electron chi connectivity index (χ0n) is 53.7. The molecule has 0 aliphatic rings. The van der Waals surface area contributed by atoms with Gasteiger partial charge < -0.3 is 14.2 Å². The fraction of sp³-hybridized carbons (Fsp3) is 0.904. The number of esters is 3. The van der Waals surface area contributed by atoms with E-state index in [0.29, 0.717) is 19.3 Å². The summed E-state index contributed by atoms with van der Waals surface area (Å²) in [5.41, 5.74) is 0. The van der Waals surface area contributed by atoms with E-state index in [1.54, 1.807) is 0 Å². The van der Waals surface area contributed by atoms with Crippen LogP contribution < -0.4 is 0 Å². The highest BCUT2D eigenvalue weighted by molar-refractivity contribution is 5.71. The molecule has 0 aliphatic carbocycles. The maximum absolute atomic E-state index is 12.9. The summed E-state index contributed by atoms with van der Waals surface area (Å²) in [6.45, 7) is 6.65. The van der Waals surface area contributed by atoms with E-state index in [2.05, 4.69) is 45.1 Å². The molecule has 0 rings (SSSR count). The molecule has 1 atom stereocenters. The molecular weight excluding hydrogens is 973 g/mol. The fourth-order valence-electron chi connectivity index (χ4n) is 11.0. The fourth-order valence-corrected chi connectivity index (χ4v) is 11.0. The lowest BCUT2D eigenvalue weighted by Crippen LogP contribution is -2.30. The number of rotatable bonds is 67. The summed E-state index contributed by atoms with van der Waals surface area (Å²) in [5.74, 6) is -0.850. The topological polar surface area (TPSA) is 78.9 Å². The summed E-state index contributed by atoms with van der Waals surface area (Å²) in [7, 11) is 0. The van der Waals surface area contributed by atoms with Crippen LogP contribution in [0.15, 0.2) is 24.3 Å². The van der Waals surface area contributed by atoms with E-state index in [9.17, 15) is 14.4 Å². The van der Waals surface area contributed by atoms with Gasteiger partial charge in [0.2, 0.25) is 0 Å². The predicted octanol–water partition coefficient (Wildman–Crippen LogP) is 24.6. The van der Waals surface area contributed by atoms with Gasteiger partial charge in [0.1, 0.15) is 13.2 Å². The molecule has 79 heavy (non-hydrogen) atoms. The van der Waals surface area contributed by atoms with E-state index >= 15 is 0 Å². The summed E-state index contributed by atoms with van der Waals surface area (Å²) < 4.78 is 17.0. The zero-order valence-corrected chi connectivity index (χ0v) is 53.7. The number of hydrogen-bond acceptors (Lipinski definition) is 6. The van der Waals surface area contributed by atoms with Gasteiger partial charge in [0.05, 0.1) is 0 Å². The Hall–Kier alpha value is -2.11. The summed E-state index contributed by atoms with van der Waals surface area (Å²) >= 11 is 0. The molecule has 0 saturated carbocycles. The SMILES string of the molecule is CCC/C=C\CCCCCCCC(=O)OCC(COC(=O)CCCCCCCCCCCCCCCCCCCCCCCCCCCC)OC(=O)CCCCCCCCCCCCCCC/C=C\CCCCCCCCCC. The number of carbonyl (C=O) groups excluding carboxylic acids is 3. The molecule has 0 aliphatic heterocycles. The molecule has 6 heteroatoms. The van der Waals surface area contributed by atoms with Gasteiger partial charge in [-0.15, -0.1) is 0 Å². The molecule has 466 valence electrons. The lowest BCUT2D eigenvalue weighted by atomic mass is 10.0. The lowest BCUT2D eigenvalue weighted by molar-refractivity contribution is -0.167. The lowest BCUT2D eigenvalue weighted by Gasteiger charge is -2.18. The number of unbranched alkanes of at least 4 members (excludes halogenated alkanes) is 52. The van der Waals surface area contributed by atoms with Crippen molar-refractivity contribution in [1.29, 1.82) is 0 Å². The molecular formula is C73H138O6. The van der Waals surface area contributed by atoms with Crippen LogP contribution in [0.1, 0.15) is 406 Å². The van der Waals surface area contributed by atoms with Crippen molar-refractivity contribution in [1.82, 2.24) is 0 Å². The van der Waals surface area contributed by atoms with E-state index < -0.39 is 6.10 Å². The van der Waals surface area contributed by atoms with E-state index in [0.717, 1.165) is 70.6 Å². The standard InChI is InChI=1S/C73H138O6/c1-4-7-10-13-16-19-22-24-26-28-30-32-34-36-38-39-41-43-45-47-49-51-54-57-60-63-66-72(75)78-69-70(68-77-71(74)65-62-59-56-53-21-18-15-12-9-6-3)79-73(76)67-64-61-58-55-52-50-48-46-44-42-40-37-35-33-31-29-27-25-23-20-17-14-11-8-5-2/h12,15,29,31,70H,4-11,13-14,16-28,30,32-69H2,1-3H3/b15-12-,31-29-. The Morgan fingerprint density at radius 2 is 0.443 bits per heavy atom. The van der Waals surface area contributed by atoms with Crippen LogP contribution >= 0.6 is 0 Å². The van der Waals surface area contributed by atoms with Gasteiger partial charge in [-0.25, -0.2) is 0 Å². The Balaban J connectivity index is 4.12. The molecule has 1 unspecified atom stereocenters. The molecule has 0 amide bonds. The maximum atomic E-state index is 12.9. The van der Waals surface area contributed by atoms with E-state index in [1.807, 2.05) is 0 Å². The molecule has 0 spiro atoms. The summed E-state index contributed by atoms with van der Waals surface area (Å²) in [6, 6.07) is 0. The smallest absolute Gasteiger partial charge is 0.306 e. The van der Waals surface area contributed by atoms with Crippen LogP contribution in [-0.2, 0) is 28.6 Å². The minimum absolute atomic E-state index is 0.0683. The van der Waals surface area contributed by atoms with Crippen molar-refractivity contribution >= 4 is 17.9 Å². The Bertz CT molecular complexity index is 1270. The second-order valence-electron chi connectivity index (χ2n) is 24.5.